The summed E-state index contributed by atoms with van der Waals surface area (Å²) in [7, 11) is 4.41. The van der Waals surface area contributed by atoms with Crippen LogP contribution in [0.15, 0.2) is 0 Å². The van der Waals surface area contributed by atoms with Gasteiger partial charge in [0.1, 0.15) is 0 Å². The van der Waals surface area contributed by atoms with E-state index in [1.165, 1.54) is 32.1 Å². The molecule has 0 aromatic rings. The van der Waals surface area contributed by atoms with Crippen LogP contribution in [-0.4, -0.2) is 37.6 Å². The summed E-state index contributed by atoms with van der Waals surface area (Å²) >= 11 is 0. The van der Waals surface area contributed by atoms with Crippen molar-refractivity contribution in [1.29, 1.82) is 0 Å². The SMILES string of the molecule is CC(C)CC(CNC1CCC(C)CC1)N(C)C. The maximum Gasteiger partial charge on any atom is 0.0217 e. The molecule has 0 heterocycles. The van der Waals surface area contributed by atoms with Gasteiger partial charge in [-0.3, -0.25) is 0 Å². The van der Waals surface area contributed by atoms with Crippen LogP contribution in [0.5, 0.6) is 0 Å². The van der Waals surface area contributed by atoms with E-state index in [4.69, 9.17) is 0 Å². The monoisotopic (exact) mass is 240 g/mol. The van der Waals surface area contributed by atoms with Gasteiger partial charge in [-0.1, -0.05) is 20.8 Å². The highest BCUT2D eigenvalue weighted by Gasteiger charge is 2.20. The number of likely N-dealkylation sites (N-methyl/N-ethyl adjacent to an activating group) is 1. The number of hydrogen-bond acceptors (Lipinski definition) is 2. The first-order chi connectivity index (χ1) is 7.99. The van der Waals surface area contributed by atoms with Crippen LogP contribution in [0.2, 0.25) is 0 Å². The highest BCUT2D eigenvalue weighted by Crippen LogP contribution is 2.23. The van der Waals surface area contributed by atoms with Gasteiger partial charge in [-0.05, 0) is 58.0 Å². The summed E-state index contributed by atoms with van der Waals surface area (Å²) in [6, 6.07) is 1.47. The van der Waals surface area contributed by atoms with Crippen molar-refractivity contribution < 1.29 is 0 Å². The van der Waals surface area contributed by atoms with Crippen LogP contribution in [0, 0.1) is 11.8 Å². The Morgan fingerprint density at radius 2 is 1.71 bits per heavy atom. The largest absolute Gasteiger partial charge is 0.312 e. The van der Waals surface area contributed by atoms with E-state index < -0.39 is 0 Å². The molecule has 1 unspecified atom stereocenters. The van der Waals surface area contributed by atoms with E-state index in [9.17, 15) is 0 Å². The van der Waals surface area contributed by atoms with E-state index in [0.29, 0.717) is 6.04 Å². The smallest absolute Gasteiger partial charge is 0.0217 e. The van der Waals surface area contributed by atoms with Gasteiger partial charge >= 0.3 is 0 Å². The lowest BCUT2D eigenvalue weighted by Gasteiger charge is -2.31. The predicted octanol–water partition coefficient (Wildman–Crippen LogP) is 3.13. The van der Waals surface area contributed by atoms with Gasteiger partial charge < -0.3 is 10.2 Å². The van der Waals surface area contributed by atoms with Gasteiger partial charge in [-0.2, -0.15) is 0 Å². The minimum Gasteiger partial charge on any atom is -0.312 e. The molecule has 1 N–H and O–H groups in total. The molecule has 0 radical (unpaired) electrons. The summed E-state index contributed by atoms with van der Waals surface area (Å²) in [5.41, 5.74) is 0. The zero-order valence-electron chi connectivity index (χ0n) is 12.5. The summed E-state index contributed by atoms with van der Waals surface area (Å²) in [5, 5.41) is 3.79. The molecule has 0 aromatic heterocycles. The van der Waals surface area contributed by atoms with Crippen molar-refractivity contribution in [2.75, 3.05) is 20.6 Å². The van der Waals surface area contributed by atoms with E-state index in [2.05, 4.69) is 45.1 Å². The van der Waals surface area contributed by atoms with Crippen LogP contribution in [-0.2, 0) is 0 Å². The van der Waals surface area contributed by atoms with Crippen LogP contribution in [0.25, 0.3) is 0 Å². The fourth-order valence-corrected chi connectivity index (χ4v) is 2.79. The Balaban J connectivity index is 2.26. The number of hydrogen-bond donors (Lipinski definition) is 1. The maximum absolute atomic E-state index is 3.79. The summed E-state index contributed by atoms with van der Waals surface area (Å²) in [5.74, 6) is 1.74. The zero-order valence-corrected chi connectivity index (χ0v) is 12.5. The van der Waals surface area contributed by atoms with E-state index in [1.54, 1.807) is 0 Å². The van der Waals surface area contributed by atoms with Gasteiger partial charge in [0.05, 0.1) is 0 Å². The molecule has 102 valence electrons. The van der Waals surface area contributed by atoms with Crippen LogP contribution in [0.1, 0.15) is 52.9 Å². The van der Waals surface area contributed by atoms with E-state index in [0.717, 1.165) is 24.4 Å². The van der Waals surface area contributed by atoms with Crippen molar-refractivity contribution in [1.82, 2.24) is 10.2 Å². The van der Waals surface area contributed by atoms with Crippen molar-refractivity contribution in [3.63, 3.8) is 0 Å². The lowest BCUT2D eigenvalue weighted by molar-refractivity contribution is 0.225. The number of nitrogens with one attached hydrogen (secondary N) is 1. The Morgan fingerprint density at radius 1 is 1.12 bits per heavy atom. The molecule has 1 atom stereocenters. The molecule has 0 aromatic carbocycles. The second kappa shape index (κ2) is 7.38. The highest BCUT2D eigenvalue weighted by atomic mass is 15.1. The van der Waals surface area contributed by atoms with Gasteiger partial charge in [0.25, 0.3) is 0 Å². The summed E-state index contributed by atoms with van der Waals surface area (Å²) in [6.45, 7) is 8.18. The first-order valence-corrected chi connectivity index (χ1v) is 7.38. The molecular formula is C15H32N2. The average molecular weight is 240 g/mol. The standard InChI is InChI=1S/C15H32N2/c1-12(2)10-15(17(4)5)11-16-14-8-6-13(3)7-9-14/h12-16H,6-11H2,1-5H3. The molecule has 2 heteroatoms. The zero-order chi connectivity index (χ0) is 12.8. The van der Waals surface area contributed by atoms with E-state index in [-0.39, 0.29) is 0 Å². The van der Waals surface area contributed by atoms with Crippen molar-refractivity contribution in [2.45, 2.75) is 65.0 Å². The predicted molar refractivity (Wildman–Crippen MR) is 76.4 cm³/mol. The minimum atomic E-state index is 0.689. The number of nitrogens with zero attached hydrogens (tertiary/aromatic N) is 1. The molecule has 1 aliphatic rings. The lowest BCUT2D eigenvalue weighted by Crippen LogP contribution is -2.43. The minimum absolute atomic E-state index is 0.689. The fraction of sp³-hybridized carbons (Fsp3) is 1.00. The number of rotatable bonds is 6. The molecule has 0 amide bonds. The fourth-order valence-electron chi connectivity index (χ4n) is 2.79. The third-order valence-corrected chi connectivity index (χ3v) is 4.13. The van der Waals surface area contributed by atoms with Gasteiger partial charge in [-0.25, -0.2) is 0 Å². The van der Waals surface area contributed by atoms with Crippen LogP contribution < -0.4 is 5.32 Å². The normalized spacial score (nSPS) is 27.7. The quantitative estimate of drug-likeness (QED) is 0.767. The Hall–Kier alpha value is -0.0800. The second-order valence-electron chi connectivity index (χ2n) is 6.61. The Kier molecular flexibility index (Phi) is 6.50. The van der Waals surface area contributed by atoms with Gasteiger partial charge in [0.2, 0.25) is 0 Å². The molecule has 17 heavy (non-hydrogen) atoms. The Labute approximate surface area is 108 Å². The molecule has 1 aliphatic carbocycles. The van der Waals surface area contributed by atoms with Gasteiger partial charge in [0.15, 0.2) is 0 Å². The third-order valence-electron chi connectivity index (χ3n) is 4.13. The van der Waals surface area contributed by atoms with Crippen LogP contribution in [0.3, 0.4) is 0 Å². The van der Waals surface area contributed by atoms with Crippen molar-refractivity contribution in [3.05, 3.63) is 0 Å². The van der Waals surface area contributed by atoms with Gasteiger partial charge in [0, 0.05) is 18.6 Å². The molecule has 1 saturated carbocycles. The average Bonchev–Trinajstić information content (AvgIpc) is 2.25. The molecule has 0 saturated heterocycles. The topological polar surface area (TPSA) is 15.3 Å². The molecular weight excluding hydrogens is 208 g/mol. The lowest BCUT2D eigenvalue weighted by atomic mass is 9.87. The first kappa shape index (κ1) is 15.0. The molecule has 0 bridgehead atoms. The Bertz CT molecular complexity index is 193. The molecule has 0 aliphatic heterocycles. The second-order valence-corrected chi connectivity index (χ2v) is 6.61. The third kappa shape index (κ3) is 5.87. The summed E-state index contributed by atoms with van der Waals surface area (Å²) in [4.78, 5) is 2.37. The van der Waals surface area contributed by atoms with E-state index >= 15 is 0 Å². The molecule has 2 nitrogen and oxygen atoms in total. The van der Waals surface area contributed by atoms with E-state index in [1.807, 2.05) is 0 Å². The summed E-state index contributed by atoms with van der Waals surface area (Å²) < 4.78 is 0. The molecule has 0 spiro atoms. The summed E-state index contributed by atoms with van der Waals surface area (Å²) in [6.07, 6.45) is 6.87. The maximum atomic E-state index is 3.79. The molecule has 1 rings (SSSR count). The van der Waals surface area contributed by atoms with Gasteiger partial charge in [-0.15, -0.1) is 0 Å². The van der Waals surface area contributed by atoms with Crippen LogP contribution in [0.4, 0.5) is 0 Å². The molecule has 1 fully saturated rings. The van der Waals surface area contributed by atoms with Crippen molar-refractivity contribution in [2.24, 2.45) is 11.8 Å². The van der Waals surface area contributed by atoms with Crippen molar-refractivity contribution in [3.8, 4) is 0 Å². The Morgan fingerprint density at radius 3 is 2.18 bits per heavy atom. The van der Waals surface area contributed by atoms with Crippen LogP contribution >= 0.6 is 0 Å². The highest BCUT2D eigenvalue weighted by molar-refractivity contribution is 4.79. The van der Waals surface area contributed by atoms with Crippen molar-refractivity contribution >= 4 is 0 Å². The first-order valence-electron chi connectivity index (χ1n) is 7.38.